The molecule has 0 amide bonds. The summed E-state index contributed by atoms with van der Waals surface area (Å²) >= 11 is 13.1. The van der Waals surface area contributed by atoms with Crippen molar-refractivity contribution in [2.45, 2.75) is 13.0 Å². The molecule has 2 N–H and O–H groups in total. The van der Waals surface area contributed by atoms with Crippen LogP contribution in [-0.2, 0) is 13.0 Å². The summed E-state index contributed by atoms with van der Waals surface area (Å²) in [6, 6.07) is 9.39. The molecule has 0 aliphatic heterocycles. The maximum absolute atomic E-state index is 6.16. The summed E-state index contributed by atoms with van der Waals surface area (Å²) in [5, 5.41) is 0.466. The average Bonchev–Trinajstić information content (AvgIpc) is 2.95. The number of hydrogen-bond donors (Lipinski definition) is 1. The summed E-state index contributed by atoms with van der Waals surface area (Å²) < 4.78 is 2.11. The molecule has 3 aromatic rings. The first kappa shape index (κ1) is 16.0. The number of nitrogens with two attached hydrogens (primary N) is 1. The van der Waals surface area contributed by atoms with Crippen LogP contribution in [0.1, 0.15) is 16.1 Å². The molecule has 0 aliphatic rings. The van der Waals surface area contributed by atoms with Gasteiger partial charge in [-0.25, -0.2) is 14.6 Å². The molecule has 0 saturated carbocycles. The zero-order chi connectivity index (χ0) is 16.2. The van der Waals surface area contributed by atoms with E-state index in [9.17, 15) is 0 Å². The summed E-state index contributed by atoms with van der Waals surface area (Å²) in [6.45, 7) is 0.483. The van der Waals surface area contributed by atoms with E-state index in [1.165, 1.54) is 11.3 Å². The van der Waals surface area contributed by atoms with Crippen LogP contribution >= 0.6 is 34.5 Å². The third-order valence-corrected chi connectivity index (χ3v) is 4.52. The smallest absolute Gasteiger partial charge is 0.183 e. The molecule has 0 spiro atoms. The van der Waals surface area contributed by atoms with Crippen molar-refractivity contribution in [3.05, 3.63) is 74.0 Å². The number of halogens is 2. The molecule has 0 unspecified atom stereocenters. The van der Waals surface area contributed by atoms with Gasteiger partial charge in [0.1, 0.15) is 10.6 Å². The van der Waals surface area contributed by atoms with E-state index in [2.05, 4.69) is 15.0 Å². The summed E-state index contributed by atoms with van der Waals surface area (Å²) in [5.74, 6) is 6.16. The van der Waals surface area contributed by atoms with Crippen LogP contribution in [0.4, 0.5) is 0 Å². The molecule has 3 aromatic heterocycles. The van der Waals surface area contributed by atoms with Crippen LogP contribution in [0, 0.1) is 0 Å². The number of nitrogens with zero attached hydrogens (tertiary/aromatic N) is 4. The number of hydrogen-bond acceptors (Lipinski definition) is 5. The van der Waals surface area contributed by atoms with Gasteiger partial charge in [-0.15, -0.1) is 11.3 Å². The van der Waals surface area contributed by atoms with Crippen molar-refractivity contribution in [3.63, 3.8) is 0 Å². The van der Waals surface area contributed by atoms with E-state index < -0.39 is 0 Å². The quantitative estimate of drug-likeness (QED) is 0.570. The van der Waals surface area contributed by atoms with Gasteiger partial charge in [-0.1, -0.05) is 35.3 Å². The van der Waals surface area contributed by atoms with E-state index in [1.807, 2.05) is 24.3 Å². The van der Waals surface area contributed by atoms with Crippen molar-refractivity contribution in [2.24, 2.45) is 4.99 Å². The number of nitrogen functional groups attached to an aromatic ring is 1. The first-order valence-electron chi connectivity index (χ1n) is 6.79. The van der Waals surface area contributed by atoms with Crippen LogP contribution in [0.5, 0.6) is 0 Å². The van der Waals surface area contributed by atoms with E-state index in [4.69, 9.17) is 29.0 Å². The van der Waals surface area contributed by atoms with Crippen LogP contribution in [0.3, 0.4) is 0 Å². The maximum Gasteiger partial charge on any atom is 0.183 e. The minimum atomic E-state index is 0.466. The average molecular weight is 366 g/mol. The molecule has 3 heterocycles. The fraction of sp³-hybridized carbons (Fsp3) is 0.133. The summed E-state index contributed by atoms with van der Waals surface area (Å²) in [5.41, 5.74) is 2.59. The van der Waals surface area contributed by atoms with E-state index in [0.29, 0.717) is 28.1 Å². The SMILES string of the molecule is Nn1c(Cc2cnc(Cl)s2)ccc/c1=N\Cc1ccc(Cl)nc1. The zero-order valence-corrected chi connectivity index (χ0v) is 14.3. The fourth-order valence-corrected chi connectivity index (χ4v) is 3.15. The fourth-order valence-electron chi connectivity index (χ4n) is 2.04. The van der Waals surface area contributed by atoms with Gasteiger partial charge >= 0.3 is 0 Å². The minimum absolute atomic E-state index is 0.466. The molecular weight excluding hydrogens is 353 g/mol. The highest BCUT2D eigenvalue weighted by Crippen LogP contribution is 2.20. The van der Waals surface area contributed by atoms with Crippen molar-refractivity contribution in [1.29, 1.82) is 0 Å². The monoisotopic (exact) mass is 365 g/mol. The van der Waals surface area contributed by atoms with Crippen LogP contribution in [0.2, 0.25) is 9.62 Å². The molecule has 0 bridgehead atoms. The molecule has 0 fully saturated rings. The van der Waals surface area contributed by atoms with Crippen molar-refractivity contribution in [2.75, 3.05) is 5.84 Å². The van der Waals surface area contributed by atoms with Crippen molar-refractivity contribution >= 4 is 34.5 Å². The van der Waals surface area contributed by atoms with Gasteiger partial charge in [-0.05, 0) is 23.8 Å². The highest BCUT2D eigenvalue weighted by molar-refractivity contribution is 7.15. The van der Waals surface area contributed by atoms with Crippen LogP contribution in [0.15, 0.2) is 47.7 Å². The Bertz CT molecular complexity index is 870. The van der Waals surface area contributed by atoms with Crippen molar-refractivity contribution in [3.8, 4) is 0 Å². The minimum Gasteiger partial charge on any atom is -0.338 e. The maximum atomic E-state index is 6.16. The molecule has 0 radical (unpaired) electrons. The highest BCUT2D eigenvalue weighted by atomic mass is 35.5. The lowest BCUT2D eigenvalue weighted by molar-refractivity contribution is 0.802. The Morgan fingerprint density at radius 3 is 2.70 bits per heavy atom. The summed E-state index contributed by atoms with van der Waals surface area (Å²) in [6.07, 6.45) is 4.12. The van der Waals surface area contributed by atoms with Gasteiger partial charge in [0.15, 0.2) is 4.47 Å². The molecular formula is C15H13Cl2N5S. The van der Waals surface area contributed by atoms with Gasteiger partial charge in [0.25, 0.3) is 0 Å². The van der Waals surface area contributed by atoms with Gasteiger partial charge in [0.05, 0.1) is 6.54 Å². The van der Waals surface area contributed by atoms with E-state index in [0.717, 1.165) is 16.1 Å². The second-order valence-corrected chi connectivity index (χ2v) is 6.89. The second-order valence-electron chi connectivity index (χ2n) is 4.81. The normalized spacial score (nSPS) is 11.8. The molecule has 0 aliphatic carbocycles. The van der Waals surface area contributed by atoms with Crippen molar-refractivity contribution in [1.82, 2.24) is 14.6 Å². The lowest BCUT2D eigenvalue weighted by atomic mass is 10.2. The molecule has 23 heavy (non-hydrogen) atoms. The Hall–Kier alpha value is -1.89. The van der Waals surface area contributed by atoms with Crippen LogP contribution in [0.25, 0.3) is 0 Å². The summed E-state index contributed by atoms with van der Waals surface area (Å²) in [7, 11) is 0. The Balaban J connectivity index is 1.83. The topological polar surface area (TPSA) is 69.1 Å². The van der Waals surface area contributed by atoms with Gasteiger partial charge in [0, 0.05) is 29.4 Å². The first-order valence-corrected chi connectivity index (χ1v) is 8.36. The van der Waals surface area contributed by atoms with Gasteiger partial charge in [-0.2, -0.15) is 0 Å². The Morgan fingerprint density at radius 1 is 1.13 bits per heavy atom. The molecule has 5 nitrogen and oxygen atoms in total. The molecule has 3 rings (SSSR count). The van der Waals surface area contributed by atoms with Gasteiger partial charge in [0.2, 0.25) is 0 Å². The Morgan fingerprint density at radius 2 is 2.00 bits per heavy atom. The first-order chi connectivity index (χ1) is 11.1. The number of rotatable bonds is 4. The highest BCUT2D eigenvalue weighted by Gasteiger charge is 2.04. The standard InChI is InChI=1S/C15H13Cl2N5S/c16-13-5-4-10(7-19-13)8-20-14-3-1-2-11(22(14)18)6-12-9-21-15(17)23-12/h1-5,7,9H,6,8,18H2/b20-14+. The molecule has 118 valence electrons. The predicted molar refractivity (Wildman–Crippen MR) is 93.0 cm³/mol. The van der Waals surface area contributed by atoms with Gasteiger partial charge in [-0.3, -0.25) is 4.99 Å². The van der Waals surface area contributed by atoms with Crippen LogP contribution in [-0.4, -0.2) is 14.6 Å². The van der Waals surface area contributed by atoms with Crippen LogP contribution < -0.4 is 11.3 Å². The van der Waals surface area contributed by atoms with E-state index in [1.54, 1.807) is 23.1 Å². The predicted octanol–water partition coefficient (Wildman–Crippen LogP) is 3.05. The second kappa shape index (κ2) is 7.12. The Kier molecular flexibility index (Phi) is 4.95. The lowest BCUT2D eigenvalue weighted by Crippen LogP contribution is -2.30. The van der Waals surface area contributed by atoms with E-state index in [-0.39, 0.29) is 0 Å². The molecule has 0 aromatic carbocycles. The number of aromatic nitrogens is 3. The largest absolute Gasteiger partial charge is 0.338 e. The third-order valence-electron chi connectivity index (χ3n) is 3.18. The number of thiazole rings is 1. The molecule has 8 heteroatoms. The zero-order valence-electron chi connectivity index (χ0n) is 12.0. The number of pyridine rings is 2. The van der Waals surface area contributed by atoms with Gasteiger partial charge < -0.3 is 5.84 Å². The molecule has 0 atom stereocenters. The van der Waals surface area contributed by atoms with E-state index >= 15 is 0 Å². The van der Waals surface area contributed by atoms with Crippen molar-refractivity contribution < 1.29 is 0 Å². The molecule has 0 saturated heterocycles. The lowest BCUT2D eigenvalue weighted by Gasteiger charge is -2.08. The third kappa shape index (κ3) is 4.10. The Labute approximate surface area is 147 Å². The summed E-state index contributed by atoms with van der Waals surface area (Å²) in [4.78, 5) is 13.7.